The number of nitrogens with one attached hydrogen (secondary N) is 1. The molecule has 1 aromatic rings. The van der Waals surface area contributed by atoms with E-state index in [1.165, 1.54) is 17.0 Å². The van der Waals surface area contributed by atoms with E-state index in [4.69, 9.17) is 4.74 Å². The number of ether oxygens (including phenoxy) is 1. The van der Waals surface area contributed by atoms with Crippen molar-refractivity contribution < 1.29 is 32.6 Å². The monoisotopic (exact) mass is 551 g/mol. The number of aliphatic imine (C=N–C) groups is 1. The lowest BCUT2D eigenvalue weighted by atomic mass is 9.88. The van der Waals surface area contributed by atoms with E-state index in [1.54, 1.807) is 6.21 Å². The number of carbonyl (C=O) groups is 2. The van der Waals surface area contributed by atoms with Crippen LogP contribution >= 0.6 is 0 Å². The van der Waals surface area contributed by atoms with Gasteiger partial charge >= 0.3 is 12.3 Å². The molecule has 2 unspecified atom stereocenters. The van der Waals surface area contributed by atoms with Crippen LogP contribution in [0.4, 0.5) is 23.7 Å². The number of amides is 2. The van der Waals surface area contributed by atoms with Gasteiger partial charge in [-0.25, -0.2) is 9.79 Å². The van der Waals surface area contributed by atoms with Crippen LogP contribution in [0.1, 0.15) is 58.4 Å². The molecule has 0 spiro atoms. The van der Waals surface area contributed by atoms with E-state index in [2.05, 4.69) is 10.3 Å². The molecule has 39 heavy (non-hydrogen) atoms. The first kappa shape index (κ1) is 28.7. The summed E-state index contributed by atoms with van der Waals surface area (Å²) < 4.78 is 45.4. The van der Waals surface area contributed by atoms with Crippen LogP contribution in [-0.2, 0) is 15.7 Å². The van der Waals surface area contributed by atoms with Gasteiger partial charge < -0.3 is 25.0 Å². The maximum absolute atomic E-state index is 12.9. The van der Waals surface area contributed by atoms with Crippen LogP contribution in [0.3, 0.4) is 0 Å². The summed E-state index contributed by atoms with van der Waals surface area (Å²) in [4.78, 5) is 33.5. The number of carbonyl (C=O) groups excluding carboxylic acids is 1. The molecule has 0 saturated carbocycles. The van der Waals surface area contributed by atoms with Crippen LogP contribution in [0.5, 0.6) is 0 Å². The van der Waals surface area contributed by atoms with Crippen molar-refractivity contribution in [3.8, 4) is 0 Å². The van der Waals surface area contributed by atoms with Crippen molar-refractivity contribution in [2.75, 3.05) is 24.5 Å². The summed E-state index contributed by atoms with van der Waals surface area (Å²) in [6.45, 7) is 7.55. The molecule has 2 fully saturated rings. The minimum atomic E-state index is -4.37. The van der Waals surface area contributed by atoms with Crippen LogP contribution in [0.15, 0.2) is 40.8 Å². The summed E-state index contributed by atoms with van der Waals surface area (Å²) in [6.07, 6.45) is -1.00. The van der Waals surface area contributed by atoms with Crippen LogP contribution in [0.2, 0.25) is 0 Å². The van der Waals surface area contributed by atoms with Crippen molar-refractivity contribution >= 4 is 24.4 Å². The average Bonchev–Trinajstić information content (AvgIpc) is 2.89. The second-order valence-corrected chi connectivity index (χ2v) is 11.1. The summed E-state index contributed by atoms with van der Waals surface area (Å²) in [6, 6.07) is 5.17. The molecule has 1 aromatic carbocycles. The highest BCUT2D eigenvalue weighted by molar-refractivity contribution is 5.69. The number of alkyl halides is 3. The van der Waals surface area contributed by atoms with Gasteiger partial charge in [0, 0.05) is 30.7 Å². The number of rotatable bonds is 6. The Morgan fingerprint density at radius 1 is 1.08 bits per heavy atom. The fraction of sp³-hybridized carbons (Fsp3) is 0.593. The highest BCUT2D eigenvalue weighted by Crippen LogP contribution is 2.39. The topological polar surface area (TPSA) is 97.7 Å². The van der Waals surface area contributed by atoms with Gasteiger partial charge in [0.1, 0.15) is 6.17 Å². The Morgan fingerprint density at radius 2 is 1.74 bits per heavy atom. The van der Waals surface area contributed by atoms with Crippen molar-refractivity contribution in [1.29, 1.82) is 0 Å². The standard InChI is InChI=1S/C27H36F3N5O4/c1-26(2,3)23-24(32-17-36)31-16-22(35(23)21-6-4-5-13-34(21)25(37)38)39-20-11-14-33(15-12-20)19-9-7-18(8-10-19)27(28,29)30/h7-10,16-17,20-22H,4-6,11-15H2,1-3H3,(H,32,36)(H,37,38). The first-order valence-electron chi connectivity index (χ1n) is 13.2. The molecule has 4 rings (SSSR count). The van der Waals surface area contributed by atoms with Gasteiger partial charge in [-0.05, 0) is 56.4 Å². The maximum Gasteiger partial charge on any atom is 0.416 e. The Bertz CT molecular complexity index is 1090. The summed E-state index contributed by atoms with van der Waals surface area (Å²) in [5.74, 6) is 0.366. The largest absolute Gasteiger partial charge is 0.465 e. The number of carboxylic acid groups (broad SMARTS) is 1. The zero-order chi connectivity index (χ0) is 28.4. The second-order valence-electron chi connectivity index (χ2n) is 11.1. The number of nitrogens with zero attached hydrogens (tertiary/aromatic N) is 4. The lowest BCUT2D eigenvalue weighted by Gasteiger charge is -2.50. The number of benzene rings is 1. The number of hydrogen-bond donors (Lipinski definition) is 2. The molecule has 2 amide bonds. The third kappa shape index (κ3) is 6.48. The molecular formula is C27H36F3N5O4. The minimum Gasteiger partial charge on any atom is -0.465 e. The first-order chi connectivity index (χ1) is 18.4. The van der Waals surface area contributed by atoms with Gasteiger partial charge in [0.2, 0.25) is 6.41 Å². The highest BCUT2D eigenvalue weighted by Gasteiger charge is 2.43. The molecule has 0 bridgehead atoms. The number of hydrogen-bond acceptors (Lipinski definition) is 6. The van der Waals surface area contributed by atoms with E-state index in [9.17, 15) is 27.9 Å². The van der Waals surface area contributed by atoms with Gasteiger partial charge in [-0.1, -0.05) is 20.8 Å². The van der Waals surface area contributed by atoms with E-state index >= 15 is 0 Å². The number of likely N-dealkylation sites (tertiary alicyclic amines) is 1. The molecule has 3 aliphatic heterocycles. The van der Waals surface area contributed by atoms with Gasteiger partial charge in [-0.3, -0.25) is 9.69 Å². The van der Waals surface area contributed by atoms with E-state index in [0.717, 1.165) is 30.7 Å². The van der Waals surface area contributed by atoms with Crippen molar-refractivity contribution in [3.05, 3.63) is 41.3 Å². The van der Waals surface area contributed by atoms with Crippen molar-refractivity contribution in [2.45, 2.75) is 77.5 Å². The van der Waals surface area contributed by atoms with E-state index in [0.29, 0.717) is 56.8 Å². The molecule has 3 heterocycles. The molecule has 2 saturated heterocycles. The summed E-state index contributed by atoms with van der Waals surface area (Å²) in [7, 11) is 0. The van der Waals surface area contributed by atoms with Crippen LogP contribution in [-0.4, -0.2) is 71.8 Å². The molecule has 2 atom stereocenters. The van der Waals surface area contributed by atoms with Crippen molar-refractivity contribution in [3.63, 3.8) is 0 Å². The summed E-state index contributed by atoms with van der Waals surface area (Å²) in [5, 5.41) is 12.6. The Hall–Kier alpha value is -3.28. The molecule has 214 valence electrons. The number of halogens is 3. The normalized spacial score (nSPS) is 23.3. The number of anilines is 1. The molecule has 3 aliphatic rings. The maximum atomic E-state index is 12.9. The lowest BCUT2D eigenvalue weighted by molar-refractivity contribution is -0.137. The van der Waals surface area contributed by atoms with Crippen molar-refractivity contribution in [2.24, 2.45) is 10.4 Å². The van der Waals surface area contributed by atoms with Crippen LogP contribution < -0.4 is 10.2 Å². The fourth-order valence-corrected chi connectivity index (χ4v) is 5.58. The van der Waals surface area contributed by atoms with Crippen LogP contribution in [0.25, 0.3) is 0 Å². The minimum absolute atomic E-state index is 0.168. The van der Waals surface area contributed by atoms with Gasteiger partial charge in [0.05, 0.1) is 23.6 Å². The van der Waals surface area contributed by atoms with Crippen LogP contribution in [0, 0.1) is 5.41 Å². The van der Waals surface area contributed by atoms with E-state index < -0.39 is 35.6 Å². The Kier molecular flexibility index (Phi) is 8.43. The zero-order valence-electron chi connectivity index (χ0n) is 22.4. The van der Waals surface area contributed by atoms with E-state index in [1.807, 2.05) is 30.6 Å². The SMILES string of the molecule is CC(C)(C)C1=C(NC=O)N=CC(OC2CCN(c3ccc(C(F)(F)F)cc3)CC2)N1C1CCCCN1C(=O)O. The molecule has 9 nitrogen and oxygen atoms in total. The molecule has 0 aliphatic carbocycles. The summed E-state index contributed by atoms with van der Waals surface area (Å²) in [5.41, 5.74) is 0.259. The Balaban J connectivity index is 1.53. The Labute approximate surface area is 226 Å². The fourth-order valence-electron chi connectivity index (χ4n) is 5.58. The number of allylic oxidation sites excluding steroid dienone is 1. The van der Waals surface area contributed by atoms with Gasteiger partial charge in [-0.15, -0.1) is 0 Å². The molecular weight excluding hydrogens is 515 g/mol. The second kappa shape index (κ2) is 11.4. The van der Waals surface area contributed by atoms with Crippen molar-refractivity contribution in [1.82, 2.24) is 15.1 Å². The quantitative estimate of drug-likeness (QED) is 0.491. The van der Waals surface area contributed by atoms with Gasteiger partial charge in [0.25, 0.3) is 0 Å². The molecule has 12 heteroatoms. The third-order valence-electron chi connectivity index (χ3n) is 7.37. The third-order valence-corrected chi connectivity index (χ3v) is 7.37. The smallest absolute Gasteiger partial charge is 0.416 e. The first-order valence-corrected chi connectivity index (χ1v) is 13.2. The highest BCUT2D eigenvalue weighted by atomic mass is 19.4. The number of piperidine rings is 2. The molecule has 0 radical (unpaired) electrons. The molecule has 0 aromatic heterocycles. The summed E-state index contributed by atoms with van der Waals surface area (Å²) >= 11 is 0. The average molecular weight is 552 g/mol. The predicted octanol–water partition coefficient (Wildman–Crippen LogP) is 4.85. The van der Waals surface area contributed by atoms with Gasteiger partial charge in [0.15, 0.2) is 12.0 Å². The van der Waals surface area contributed by atoms with E-state index in [-0.39, 0.29) is 6.10 Å². The Morgan fingerprint density at radius 3 is 2.31 bits per heavy atom. The van der Waals surface area contributed by atoms with Gasteiger partial charge in [-0.2, -0.15) is 13.2 Å². The zero-order valence-corrected chi connectivity index (χ0v) is 22.4. The lowest BCUT2D eigenvalue weighted by Crippen LogP contribution is -2.60. The molecule has 2 N–H and O–H groups in total. The predicted molar refractivity (Wildman–Crippen MR) is 140 cm³/mol.